The first-order valence-electron chi connectivity index (χ1n) is 9.02. The number of nitrogens with zero attached hydrogens (tertiary/aromatic N) is 3. The van der Waals surface area contributed by atoms with E-state index in [-0.39, 0.29) is 12.5 Å². The summed E-state index contributed by atoms with van der Waals surface area (Å²) < 4.78 is 0. The van der Waals surface area contributed by atoms with E-state index in [9.17, 15) is 4.79 Å². The topological polar surface area (TPSA) is 58.1 Å². The van der Waals surface area contributed by atoms with Crippen molar-refractivity contribution in [3.63, 3.8) is 0 Å². The van der Waals surface area contributed by atoms with E-state index in [1.54, 1.807) is 16.2 Å². The largest absolute Gasteiger partial charge is 0.360 e. The summed E-state index contributed by atoms with van der Waals surface area (Å²) in [5.41, 5.74) is 2.25. The van der Waals surface area contributed by atoms with Crippen molar-refractivity contribution in [1.82, 2.24) is 14.9 Å². The van der Waals surface area contributed by atoms with E-state index in [1.165, 1.54) is 6.33 Å². The van der Waals surface area contributed by atoms with Crippen molar-refractivity contribution in [2.75, 3.05) is 18.9 Å². The maximum absolute atomic E-state index is 12.5. The zero-order valence-electron chi connectivity index (χ0n) is 15.5. The quantitative estimate of drug-likeness (QED) is 0.531. The summed E-state index contributed by atoms with van der Waals surface area (Å²) in [5, 5.41) is 4.12. The molecule has 1 N–H and O–H groups in total. The lowest BCUT2D eigenvalue weighted by atomic mass is 10.2. The van der Waals surface area contributed by atoms with E-state index >= 15 is 0 Å². The Hall–Kier alpha value is -3.25. The fraction of sp³-hybridized carbons (Fsp3) is 0.136. The van der Waals surface area contributed by atoms with Gasteiger partial charge in [-0.05, 0) is 17.2 Å². The lowest BCUT2D eigenvalue weighted by molar-refractivity contribution is -0.128. The van der Waals surface area contributed by atoms with Gasteiger partial charge in [0.1, 0.15) is 17.0 Å². The predicted molar refractivity (Wildman–Crippen MR) is 114 cm³/mol. The zero-order valence-corrected chi connectivity index (χ0v) is 16.3. The van der Waals surface area contributed by atoms with E-state index in [4.69, 9.17) is 0 Å². The van der Waals surface area contributed by atoms with Crippen LogP contribution < -0.4 is 5.32 Å². The van der Waals surface area contributed by atoms with E-state index in [2.05, 4.69) is 33.5 Å². The highest BCUT2D eigenvalue weighted by Gasteiger charge is 2.13. The van der Waals surface area contributed by atoms with Gasteiger partial charge in [0, 0.05) is 18.5 Å². The Morgan fingerprint density at radius 3 is 2.50 bits per heavy atom. The summed E-state index contributed by atoms with van der Waals surface area (Å²) in [4.78, 5) is 25.0. The van der Waals surface area contributed by atoms with Crippen molar-refractivity contribution in [2.45, 2.75) is 6.54 Å². The van der Waals surface area contributed by atoms with E-state index in [0.29, 0.717) is 12.4 Å². The molecule has 2 heterocycles. The number of rotatable bonds is 6. The molecule has 4 aromatic rings. The van der Waals surface area contributed by atoms with Gasteiger partial charge in [-0.3, -0.25) is 4.79 Å². The van der Waals surface area contributed by atoms with Gasteiger partial charge < -0.3 is 10.2 Å². The second-order valence-corrected chi connectivity index (χ2v) is 7.54. The Labute approximate surface area is 167 Å². The van der Waals surface area contributed by atoms with E-state index < -0.39 is 0 Å². The van der Waals surface area contributed by atoms with Crippen molar-refractivity contribution >= 4 is 33.3 Å². The molecule has 1 amide bonds. The molecule has 0 unspecified atom stereocenters. The van der Waals surface area contributed by atoms with Crippen LogP contribution in [-0.2, 0) is 11.3 Å². The van der Waals surface area contributed by atoms with Crippen molar-refractivity contribution in [1.29, 1.82) is 0 Å². The summed E-state index contributed by atoms with van der Waals surface area (Å²) in [6.07, 6.45) is 1.54. The van der Waals surface area contributed by atoms with Crippen LogP contribution in [0.25, 0.3) is 20.7 Å². The highest BCUT2D eigenvalue weighted by atomic mass is 32.1. The third-order valence-corrected chi connectivity index (χ3v) is 5.58. The third-order valence-electron chi connectivity index (χ3n) is 4.48. The zero-order chi connectivity index (χ0) is 19.3. The number of hydrogen-bond acceptors (Lipinski definition) is 5. The first kappa shape index (κ1) is 18.1. The predicted octanol–water partition coefficient (Wildman–Crippen LogP) is 4.43. The van der Waals surface area contributed by atoms with E-state index in [1.807, 2.05) is 55.6 Å². The summed E-state index contributed by atoms with van der Waals surface area (Å²) in [6.45, 7) is 0.767. The number of aromatic nitrogens is 2. The van der Waals surface area contributed by atoms with Crippen LogP contribution in [0.1, 0.15) is 5.56 Å². The standard InChI is InChI=1S/C22H20N4OS/c1-26(14-16-8-4-2-5-9-16)20(27)13-23-21-18-12-19(17-10-6-3-7-11-17)28-22(18)25-15-24-21/h2-12,15H,13-14H2,1H3,(H,23,24,25). The molecular formula is C22H20N4OS. The molecule has 6 heteroatoms. The molecule has 4 rings (SSSR count). The minimum absolute atomic E-state index is 0.00845. The second-order valence-electron chi connectivity index (χ2n) is 6.51. The van der Waals surface area contributed by atoms with Crippen LogP contribution in [0.2, 0.25) is 0 Å². The van der Waals surface area contributed by atoms with Crippen molar-refractivity contribution in [2.24, 2.45) is 0 Å². The number of fused-ring (bicyclic) bond motifs is 1. The van der Waals surface area contributed by atoms with Gasteiger partial charge in [-0.1, -0.05) is 60.7 Å². The minimum atomic E-state index is 0.00845. The number of benzene rings is 2. The minimum Gasteiger partial charge on any atom is -0.360 e. The Bertz CT molecular complexity index is 1080. The third kappa shape index (κ3) is 4.02. The monoisotopic (exact) mass is 388 g/mol. The number of likely N-dealkylation sites (N-methyl/N-ethyl adjacent to an activating group) is 1. The summed E-state index contributed by atoms with van der Waals surface area (Å²) in [6, 6.07) is 22.2. The van der Waals surface area contributed by atoms with Gasteiger partial charge in [0.25, 0.3) is 0 Å². The first-order valence-corrected chi connectivity index (χ1v) is 9.84. The fourth-order valence-corrected chi connectivity index (χ4v) is 3.99. The van der Waals surface area contributed by atoms with Crippen LogP contribution in [0.4, 0.5) is 5.82 Å². The van der Waals surface area contributed by atoms with Crippen LogP contribution in [-0.4, -0.2) is 34.4 Å². The molecule has 0 aliphatic rings. The molecule has 28 heavy (non-hydrogen) atoms. The van der Waals surface area contributed by atoms with E-state index in [0.717, 1.165) is 26.2 Å². The smallest absolute Gasteiger partial charge is 0.241 e. The Kier molecular flexibility index (Phi) is 5.30. The number of carbonyl (C=O) groups excluding carboxylic acids is 1. The fourth-order valence-electron chi connectivity index (χ4n) is 2.98. The number of nitrogens with one attached hydrogen (secondary N) is 1. The summed E-state index contributed by atoms with van der Waals surface area (Å²) in [5.74, 6) is 0.694. The molecular weight excluding hydrogens is 368 g/mol. The molecule has 0 saturated carbocycles. The van der Waals surface area contributed by atoms with Gasteiger partial charge in [-0.2, -0.15) is 0 Å². The summed E-state index contributed by atoms with van der Waals surface area (Å²) in [7, 11) is 1.81. The molecule has 5 nitrogen and oxygen atoms in total. The number of hydrogen-bond donors (Lipinski definition) is 1. The van der Waals surface area contributed by atoms with Crippen LogP contribution in [0.15, 0.2) is 73.1 Å². The van der Waals surface area contributed by atoms with Crippen molar-refractivity contribution in [3.8, 4) is 10.4 Å². The SMILES string of the molecule is CN(Cc1ccccc1)C(=O)CNc1ncnc2sc(-c3ccccc3)cc12. The molecule has 2 aromatic carbocycles. The number of thiophene rings is 1. The van der Waals surface area contributed by atoms with Crippen LogP contribution >= 0.6 is 11.3 Å². The molecule has 0 spiro atoms. The Morgan fingerprint density at radius 2 is 1.75 bits per heavy atom. The highest BCUT2D eigenvalue weighted by Crippen LogP contribution is 2.34. The maximum Gasteiger partial charge on any atom is 0.241 e. The molecule has 0 radical (unpaired) electrons. The molecule has 0 bridgehead atoms. The Morgan fingerprint density at radius 1 is 1.04 bits per heavy atom. The molecule has 0 atom stereocenters. The maximum atomic E-state index is 12.5. The van der Waals surface area contributed by atoms with Gasteiger partial charge >= 0.3 is 0 Å². The number of amides is 1. The lowest BCUT2D eigenvalue weighted by Gasteiger charge is -2.17. The van der Waals surface area contributed by atoms with Crippen LogP contribution in [0.5, 0.6) is 0 Å². The molecule has 0 saturated heterocycles. The van der Waals surface area contributed by atoms with Gasteiger partial charge in [0.15, 0.2) is 0 Å². The summed E-state index contributed by atoms with van der Waals surface area (Å²) >= 11 is 1.62. The van der Waals surface area contributed by atoms with Crippen LogP contribution in [0.3, 0.4) is 0 Å². The average Bonchev–Trinajstić information content (AvgIpc) is 3.18. The van der Waals surface area contributed by atoms with Gasteiger partial charge in [0.2, 0.25) is 5.91 Å². The molecule has 2 aromatic heterocycles. The molecule has 0 aliphatic carbocycles. The first-order chi connectivity index (χ1) is 13.7. The number of anilines is 1. The molecule has 140 valence electrons. The normalized spacial score (nSPS) is 10.8. The van der Waals surface area contributed by atoms with Gasteiger partial charge in [-0.15, -0.1) is 11.3 Å². The van der Waals surface area contributed by atoms with Crippen molar-refractivity contribution < 1.29 is 4.79 Å². The Balaban J connectivity index is 1.47. The second kappa shape index (κ2) is 8.19. The van der Waals surface area contributed by atoms with Crippen molar-refractivity contribution in [3.05, 3.63) is 78.6 Å². The highest BCUT2D eigenvalue weighted by molar-refractivity contribution is 7.21. The molecule has 0 fully saturated rings. The molecule has 0 aliphatic heterocycles. The average molecular weight is 388 g/mol. The van der Waals surface area contributed by atoms with Gasteiger partial charge in [-0.25, -0.2) is 9.97 Å². The lowest BCUT2D eigenvalue weighted by Crippen LogP contribution is -2.31. The number of carbonyl (C=O) groups is 1. The van der Waals surface area contributed by atoms with Crippen LogP contribution in [0, 0.1) is 0 Å². The van der Waals surface area contributed by atoms with Gasteiger partial charge in [0.05, 0.1) is 11.9 Å².